The standard InChI is InChI=1S/C26H20ClN3O/c1-29-24-12-9-20(15-23(24)22(16-25(29)31)18-5-3-2-4-6-18)26(30-14-13-28-17-30)19-7-10-21(27)11-8-19/h2-17,26H,1H3. The number of fused-ring (bicyclic) bond motifs is 1. The molecule has 1 unspecified atom stereocenters. The third-order valence-corrected chi connectivity index (χ3v) is 5.93. The summed E-state index contributed by atoms with van der Waals surface area (Å²) in [5.74, 6) is 0. The normalized spacial score (nSPS) is 12.2. The zero-order chi connectivity index (χ0) is 21.4. The van der Waals surface area contributed by atoms with Crippen molar-refractivity contribution in [1.29, 1.82) is 0 Å². The minimum absolute atomic E-state index is 0.0250. The quantitative estimate of drug-likeness (QED) is 0.371. The summed E-state index contributed by atoms with van der Waals surface area (Å²) in [6, 6.07) is 25.9. The van der Waals surface area contributed by atoms with Crippen LogP contribution in [0.3, 0.4) is 0 Å². The Morgan fingerprint density at radius 2 is 1.65 bits per heavy atom. The summed E-state index contributed by atoms with van der Waals surface area (Å²) in [6.07, 6.45) is 5.56. The Morgan fingerprint density at radius 1 is 0.903 bits per heavy atom. The van der Waals surface area contributed by atoms with E-state index in [9.17, 15) is 4.79 Å². The molecule has 152 valence electrons. The van der Waals surface area contributed by atoms with E-state index in [0.717, 1.165) is 33.2 Å². The summed E-state index contributed by atoms with van der Waals surface area (Å²) < 4.78 is 3.77. The molecule has 0 bridgehead atoms. The Bertz CT molecular complexity index is 1410. The predicted molar refractivity (Wildman–Crippen MR) is 126 cm³/mol. The van der Waals surface area contributed by atoms with Gasteiger partial charge in [-0.15, -0.1) is 0 Å². The number of nitrogens with zero attached hydrogens (tertiary/aromatic N) is 3. The van der Waals surface area contributed by atoms with Crippen molar-refractivity contribution in [3.8, 4) is 11.1 Å². The lowest BCUT2D eigenvalue weighted by Gasteiger charge is -2.21. The van der Waals surface area contributed by atoms with Crippen molar-refractivity contribution in [2.75, 3.05) is 0 Å². The number of hydrogen-bond donors (Lipinski definition) is 0. The number of aromatic nitrogens is 3. The minimum atomic E-state index is -0.0648. The average molecular weight is 426 g/mol. The van der Waals surface area contributed by atoms with E-state index in [-0.39, 0.29) is 11.6 Å². The molecule has 0 fully saturated rings. The van der Waals surface area contributed by atoms with Crippen LogP contribution in [0, 0.1) is 0 Å². The maximum atomic E-state index is 12.6. The zero-order valence-corrected chi connectivity index (χ0v) is 17.7. The molecule has 0 spiro atoms. The van der Waals surface area contributed by atoms with Crippen LogP contribution in [0.2, 0.25) is 5.02 Å². The van der Waals surface area contributed by atoms with E-state index < -0.39 is 0 Å². The molecule has 0 amide bonds. The molecular weight excluding hydrogens is 406 g/mol. The number of imidazole rings is 1. The lowest BCUT2D eigenvalue weighted by atomic mass is 9.94. The predicted octanol–water partition coefficient (Wildman–Crippen LogP) is 5.69. The van der Waals surface area contributed by atoms with E-state index in [1.165, 1.54) is 0 Å². The van der Waals surface area contributed by atoms with Gasteiger partial charge in [-0.25, -0.2) is 4.98 Å². The zero-order valence-electron chi connectivity index (χ0n) is 16.9. The Hall–Kier alpha value is -3.63. The van der Waals surface area contributed by atoms with Crippen LogP contribution < -0.4 is 5.56 Å². The van der Waals surface area contributed by atoms with E-state index in [1.54, 1.807) is 16.8 Å². The van der Waals surface area contributed by atoms with Crippen molar-refractivity contribution in [1.82, 2.24) is 14.1 Å². The number of rotatable bonds is 4. The van der Waals surface area contributed by atoms with Crippen LogP contribution in [0.1, 0.15) is 17.2 Å². The molecule has 1 atom stereocenters. The van der Waals surface area contributed by atoms with Gasteiger partial charge in [-0.05, 0) is 46.5 Å². The maximum absolute atomic E-state index is 12.6. The molecule has 5 heteroatoms. The van der Waals surface area contributed by atoms with Gasteiger partial charge < -0.3 is 9.13 Å². The summed E-state index contributed by atoms with van der Waals surface area (Å²) in [5, 5.41) is 1.73. The number of halogens is 1. The molecule has 0 radical (unpaired) electrons. The molecule has 31 heavy (non-hydrogen) atoms. The highest BCUT2D eigenvalue weighted by Gasteiger charge is 2.18. The molecule has 0 aliphatic heterocycles. The fourth-order valence-electron chi connectivity index (χ4n) is 4.11. The third-order valence-electron chi connectivity index (χ3n) is 5.68. The number of hydrogen-bond acceptors (Lipinski definition) is 2. The summed E-state index contributed by atoms with van der Waals surface area (Å²) >= 11 is 6.13. The second-order valence-corrected chi connectivity index (χ2v) is 8.00. The second-order valence-electron chi connectivity index (χ2n) is 7.56. The van der Waals surface area contributed by atoms with E-state index in [4.69, 9.17) is 11.6 Å². The molecule has 3 aromatic carbocycles. The van der Waals surface area contributed by atoms with E-state index in [1.807, 2.05) is 80.2 Å². The first kappa shape index (κ1) is 19.3. The van der Waals surface area contributed by atoms with Crippen LogP contribution in [0.5, 0.6) is 0 Å². The Labute approximate surface area is 185 Å². The Morgan fingerprint density at radius 3 is 2.35 bits per heavy atom. The Kier molecular flexibility index (Phi) is 4.92. The van der Waals surface area contributed by atoms with Crippen molar-refractivity contribution >= 4 is 22.5 Å². The molecule has 4 nitrogen and oxygen atoms in total. The fraction of sp³-hybridized carbons (Fsp3) is 0.0769. The summed E-state index contributed by atoms with van der Waals surface area (Å²) in [5.41, 5.74) is 5.03. The van der Waals surface area contributed by atoms with Gasteiger partial charge in [0.25, 0.3) is 5.56 Å². The summed E-state index contributed by atoms with van der Waals surface area (Å²) in [4.78, 5) is 16.9. The lowest BCUT2D eigenvalue weighted by Crippen LogP contribution is -2.17. The molecule has 0 N–H and O–H groups in total. The van der Waals surface area contributed by atoms with Gasteiger partial charge in [-0.3, -0.25) is 4.79 Å². The monoisotopic (exact) mass is 425 g/mol. The summed E-state index contributed by atoms with van der Waals surface area (Å²) in [7, 11) is 1.81. The van der Waals surface area contributed by atoms with Gasteiger partial charge in [0.05, 0.1) is 17.9 Å². The van der Waals surface area contributed by atoms with Crippen LogP contribution in [-0.2, 0) is 7.05 Å². The van der Waals surface area contributed by atoms with Gasteiger partial charge in [0.1, 0.15) is 0 Å². The van der Waals surface area contributed by atoms with Gasteiger partial charge in [0.2, 0.25) is 0 Å². The van der Waals surface area contributed by atoms with E-state index in [2.05, 4.69) is 21.7 Å². The molecular formula is C26H20ClN3O. The first-order chi connectivity index (χ1) is 15.1. The van der Waals surface area contributed by atoms with Crippen molar-refractivity contribution in [2.24, 2.45) is 7.05 Å². The number of aryl methyl sites for hydroxylation is 1. The second kappa shape index (κ2) is 7.89. The van der Waals surface area contributed by atoms with Gasteiger partial charge >= 0.3 is 0 Å². The highest BCUT2D eigenvalue weighted by atomic mass is 35.5. The van der Waals surface area contributed by atoms with Crippen molar-refractivity contribution < 1.29 is 0 Å². The first-order valence-electron chi connectivity index (χ1n) is 10.0. The van der Waals surface area contributed by atoms with E-state index in [0.29, 0.717) is 5.02 Å². The van der Waals surface area contributed by atoms with E-state index >= 15 is 0 Å². The molecule has 5 aromatic rings. The molecule has 2 heterocycles. The highest BCUT2D eigenvalue weighted by Crippen LogP contribution is 2.33. The largest absolute Gasteiger partial charge is 0.326 e. The molecule has 0 saturated carbocycles. The SMILES string of the molecule is Cn1c(=O)cc(-c2ccccc2)c2cc(C(c3ccc(Cl)cc3)n3ccnc3)ccc21. The van der Waals surface area contributed by atoms with Crippen LogP contribution in [0.4, 0.5) is 0 Å². The molecule has 5 rings (SSSR count). The topological polar surface area (TPSA) is 39.8 Å². The van der Waals surface area contributed by atoms with Gasteiger partial charge in [0, 0.05) is 35.9 Å². The first-order valence-corrected chi connectivity index (χ1v) is 10.4. The third kappa shape index (κ3) is 3.56. The smallest absolute Gasteiger partial charge is 0.251 e. The number of benzene rings is 3. The Balaban J connectivity index is 1.77. The van der Waals surface area contributed by atoms with Gasteiger partial charge in [0.15, 0.2) is 0 Å². The van der Waals surface area contributed by atoms with Crippen LogP contribution in [0.15, 0.2) is 102 Å². The van der Waals surface area contributed by atoms with Gasteiger partial charge in [-0.2, -0.15) is 0 Å². The van der Waals surface area contributed by atoms with Crippen LogP contribution in [-0.4, -0.2) is 14.1 Å². The summed E-state index contributed by atoms with van der Waals surface area (Å²) in [6.45, 7) is 0. The van der Waals surface area contributed by atoms with Crippen molar-refractivity contribution in [3.05, 3.63) is 124 Å². The molecule has 0 saturated heterocycles. The molecule has 0 aliphatic carbocycles. The maximum Gasteiger partial charge on any atom is 0.251 e. The molecule has 0 aliphatic rings. The fourth-order valence-corrected chi connectivity index (χ4v) is 4.24. The van der Waals surface area contributed by atoms with Gasteiger partial charge in [-0.1, -0.05) is 60.1 Å². The van der Waals surface area contributed by atoms with Crippen molar-refractivity contribution in [2.45, 2.75) is 6.04 Å². The average Bonchev–Trinajstić information content (AvgIpc) is 3.33. The number of pyridine rings is 1. The van der Waals surface area contributed by atoms with Crippen molar-refractivity contribution in [3.63, 3.8) is 0 Å². The lowest BCUT2D eigenvalue weighted by molar-refractivity contribution is 0.677. The molecule has 2 aromatic heterocycles. The minimum Gasteiger partial charge on any atom is -0.326 e. The van der Waals surface area contributed by atoms with Crippen LogP contribution >= 0.6 is 11.6 Å². The van der Waals surface area contributed by atoms with Crippen LogP contribution in [0.25, 0.3) is 22.0 Å². The highest BCUT2D eigenvalue weighted by molar-refractivity contribution is 6.30.